The van der Waals surface area contributed by atoms with Crippen LogP contribution in [0.1, 0.15) is 11.4 Å². The average molecular weight is 816 g/mol. The van der Waals surface area contributed by atoms with Gasteiger partial charge < -0.3 is 10.2 Å². The van der Waals surface area contributed by atoms with E-state index in [4.69, 9.17) is 4.98 Å². The molecule has 0 atom stereocenters. The molecule has 8 nitrogen and oxygen atoms in total. The first-order valence-corrected chi connectivity index (χ1v) is 14.4. The Labute approximate surface area is 285 Å². The van der Waals surface area contributed by atoms with Crippen molar-refractivity contribution in [3.8, 4) is 45.6 Å². The van der Waals surface area contributed by atoms with Gasteiger partial charge in [0.15, 0.2) is 0 Å². The van der Waals surface area contributed by atoms with E-state index in [9.17, 15) is 13.2 Å². The SMILES string of the molecule is Cc1cc(-c2nc(-c3[c-]cccc3)nc3ccccc23)[n-]n1.FC(F)(F)c1cc(-c2nc(-c3[c-]cccc3)nc3ccccc23)n[nH]1.[Ir+3]. The maximum atomic E-state index is 12.9. The normalized spacial score (nSPS) is 11.2. The summed E-state index contributed by atoms with van der Waals surface area (Å²) in [6, 6.07) is 39.0. The van der Waals surface area contributed by atoms with Gasteiger partial charge in [0.05, 0.1) is 28.4 Å². The molecule has 0 unspecified atom stereocenters. The number of aryl methyl sites for hydroxylation is 1. The Morgan fingerprint density at radius 3 is 1.71 bits per heavy atom. The van der Waals surface area contributed by atoms with E-state index in [1.54, 1.807) is 30.3 Å². The predicted molar refractivity (Wildman–Crippen MR) is 171 cm³/mol. The topological polar surface area (TPSA) is 107 Å². The molecule has 4 aromatic carbocycles. The van der Waals surface area contributed by atoms with Gasteiger partial charge in [-0.25, -0.2) is 0 Å². The number of nitrogens with zero attached hydrogens (tertiary/aromatic N) is 7. The van der Waals surface area contributed by atoms with Crippen molar-refractivity contribution >= 4 is 21.8 Å². The Hall–Kier alpha value is -5.58. The van der Waals surface area contributed by atoms with E-state index in [0.717, 1.165) is 39.6 Å². The van der Waals surface area contributed by atoms with E-state index in [2.05, 4.69) is 42.4 Å². The molecule has 0 aliphatic heterocycles. The van der Waals surface area contributed by atoms with E-state index in [1.165, 1.54) is 0 Å². The molecule has 0 saturated heterocycles. The van der Waals surface area contributed by atoms with Gasteiger partial charge in [0, 0.05) is 22.2 Å². The van der Waals surface area contributed by atoms with Crippen molar-refractivity contribution in [2.24, 2.45) is 0 Å². The van der Waals surface area contributed by atoms with Crippen molar-refractivity contribution in [2.75, 3.05) is 0 Å². The first-order valence-electron chi connectivity index (χ1n) is 14.4. The number of hydrogen-bond donors (Lipinski definition) is 1. The Balaban J connectivity index is 0.000000165. The molecule has 0 aliphatic carbocycles. The molecular weight excluding hydrogens is 794 g/mol. The maximum Gasteiger partial charge on any atom is 3.00 e. The van der Waals surface area contributed by atoms with Crippen molar-refractivity contribution < 1.29 is 33.3 Å². The molecule has 0 spiro atoms. The van der Waals surface area contributed by atoms with Crippen molar-refractivity contribution in [1.29, 1.82) is 0 Å². The fourth-order valence-corrected chi connectivity index (χ4v) is 4.94. The molecule has 0 saturated carbocycles. The third-order valence-electron chi connectivity index (χ3n) is 7.14. The smallest absolute Gasteiger partial charge is 0.574 e. The summed E-state index contributed by atoms with van der Waals surface area (Å²) in [6.07, 6.45) is -4.50. The first kappa shape index (κ1) is 32.4. The summed E-state index contributed by atoms with van der Waals surface area (Å²) < 4.78 is 38.6. The third kappa shape index (κ3) is 6.76. The van der Waals surface area contributed by atoms with Gasteiger partial charge in [-0.05, 0) is 25.1 Å². The number of aromatic nitrogens is 8. The number of benzene rings is 4. The summed E-state index contributed by atoms with van der Waals surface area (Å²) in [6.45, 7) is 1.92. The fourth-order valence-electron chi connectivity index (χ4n) is 4.94. The number of fused-ring (bicyclic) bond motifs is 2. The van der Waals surface area contributed by atoms with Gasteiger partial charge in [-0.15, -0.1) is 71.8 Å². The minimum Gasteiger partial charge on any atom is -0.574 e. The number of para-hydroxylation sites is 2. The van der Waals surface area contributed by atoms with E-state index in [-0.39, 0.29) is 25.8 Å². The van der Waals surface area contributed by atoms with E-state index >= 15 is 0 Å². The molecule has 0 radical (unpaired) electrons. The van der Waals surface area contributed by atoms with Crippen molar-refractivity contribution in [1.82, 2.24) is 40.3 Å². The number of H-pyrrole nitrogens is 1. The Kier molecular flexibility index (Phi) is 9.20. The zero-order chi connectivity index (χ0) is 32.4. The molecule has 48 heavy (non-hydrogen) atoms. The standard InChI is InChI=1S/C18H10F3N4.C18H12N4.Ir/c19-18(20,21)15-10-14(24-25-15)16-12-8-4-5-9-13(12)22-17(23-16)11-6-2-1-3-7-11;1-12-11-16(22-21-12)17-14-9-5-6-10-15(14)19-18(20-17)13-7-3-2-4-8-13;/h1-6,8-10H,(H,24,25);2-7,9-11H,1H3;/q-1;-2;+3. The van der Waals surface area contributed by atoms with Crippen LogP contribution >= 0.6 is 0 Å². The Morgan fingerprint density at radius 2 is 1.21 bits per heavy atom. The van der Waals surface area contributed by atoms with Crippen LogP contribution in [0.3, 0.4) is 0 Å². The Morgan fingerprint density at radius 1 is 0.667 bits per heavy atom. The molecule has 0 aliphatic rings. The van der Waals surface area contributed by atoms with Gasteiger partial charge in [-0.2, -0.15) is 18.3 Å². The Bertz CT molecular complexity index is 2320. The fraction of sp³-hybridized carbons (Fsp3) is 0.0556. The summed E-state index contributed by atoms with van der Waals surface area (Å²) in [7, 11) is 0. The molecule has 0 fully saturated rings. The van der Waals surface area contributed by atoms with Gasteiger partial charge >= 0.3 is 26.3 Å². The van der Waals surface area contributed by atoms with Gasteiger partial charge in [-0.1, -0.05) is 48.2 Å². The van der Waals surface area contributed by atoms with E-state index < -0.39 is 11.9 Å². The molecule has 0 bridgehead atoms. The second kappa shape index (κ2) is 13.6. The molecule has 236 valence electrons. The second-order valence-electron chi connectivity index (χ2n) is 10.4. The van der Waals surface area contributed by atoms with Crippen LogP contribution in [0.5, 0.6) is 0 Å². The molecule has 0 amide bonds. The number of alkyl halides is 3. The summed E-state index contributed by atoms with van der Waals surface area (Å²) in [5.74, 6) is 1.03. The summed E-state index contributed by atoms with van der Waals surface area (Å²) in [4.78, 5) is 18.3. The van der Waals surface area contributed by atoms with E-state index in [1.807, 2.05) is 84.8 Å². The van der Waals surface area contributed by atoms with Crippen LogP contribution in [0.2, 0.25) is 0 Å². The van der Waals surface area contributed by atoms with Crippen LogP contribution in [0.4, 0.5) is 13.2 Å². The van der Waals surface area contributed by atoms with Gasteiger partial charge in [-0.3, -0.25) is 25.0 Å². The first-order chi connectivity index (χ1) is 22.8. The number of rotatable bonds is 4. The van der Waals surface area contributed by atoms with Crippen LogP contribution in [-0.4, -0.2) is 35.2 Å². The van der Waals surface area contributed by atoms with Crippen molar-refractivity contribution in [3.05, 3.63) is 133 Å². The van der Waals surface area contributed by atoms with Crippen molar-refractivity contribution in [3.63, 3.8) is 0 Å². The monoisotopic (exact) mass is 816 g/mol. The van der Waals surface area contributed by atoms with Crippen LogP contribution < -0.4 is 5.10 Å². The zero-order valence-corrected chi connectivity index (χ0v) is 27.4. The van der Waals surface area contributed by atoms with Crippen LogP contribution in [-0.2, 0) is 26.3 Å². The maximum absolute atomic E-state index is 12.9. The summed E-state index contributed by atoms with van der Waals surface area (Å²) in [5, 5.41) is 15.7. The molecule has 8 rings (SSSR count). The van der Waals surface area contributed by atoms with Crippen LogP contribution in [0.15, 0.2) is 109 Å². The molecule has 8 aromatic rings. The predicted octanol–water partition coefficient (Wildman–Crippen LogP) is 7.93. The number of halogens is 3. The molecule has 12 heteroatoms. The minimum absolute atomic E-state index is 0. The molecular formula is C36H22F3IrN8. The number of hydrogen-bond acceptors (Lipinski definition) is 6. The average Bonchev–Trinajstić information content (AvgIpc) is 3.78. The zero-order valence-electron chi connectivity index (χ0n) is 25.0. The molecule has 4 heterocycles. The number of nitrogens with one attached hydrogen (secondary N) is 1. The number of aromatic amines is 1. The largest absolute Gasteiger partial charge is 3.00 e. The van der Waals surface area contributed by atoms with E-state index in [0.29, 0.717) is 33.8 Å². The third-order valence-corrected chi connectivity index (χ3v) is 7.14. The molecule has 4 aromatic heterocycles. The second-order valence-corrected chi connectivity index (χ2v) is 10.4. The molecule has 1 N–H and O–H groups in total. The van der Waals surface area contributed by atoms with Gasteiger partial charge in [0.25, 0.3) is 0 Å². The quantitative estimate of drug-likeness (QED) is 0.180. The summed E-state index contributed by atoms with van der Waals surface area (Å²) >= 11 is 0. The van der Waals surface area contributed by atoms with Gasteiger partial charge in [0.1, 0.15) is 11.4 Å². The van der Waals surface area contributed by atoms with Crippen molar-refractivity contribution in [2.45, 2.75) is 13.1 Å². The van der Waals surface area contributed by atoms with Crippen LogP contribution in [0, 0.1) is 19.1 Å². The van der Waals surface area contributed by atoms with Gasteiger partial charge in [0.2, 0.25) is 0 Å². The van der Waals surface area contributed by atoms with Crippen LogP contribution in [0.25, 0.3) is 67.4 Å². The minimum atomic E-state index is -4.50. The summed E-state index contributed by atoms with van der Waals surface area (Å²) in [5.41, 5.74) is 5.02.